The molecule has 0 unspecified atom stereocenters. The number of hydrogen-bond acceptors (Lipinski definition) is 5. The highest BCUT2D eigenvalue weighted by Gasteiger charge is 2.30. The summed E-state index contributed by atoms with van der Waals surface area (Å²) in [6.07, 6.45) is 3.47. The molecule has 0 spiro atoms. The molecule has 0 saturated carbocycles. The van der Waals surface area contributed by atoms with E-state index < -0.39 is 0 Å². The lowest BCUT2D eigenvalue weighted by Crippen LogP contribution is -2.41. The summed E-state index contributed by atoms with van der Waals surface area (Å²) in [7, 11) is 0. The average molecular weight is 341 g/mol. The number of nitrogens with one attached hydrogen (secondary N) is 1. The second-order valence-electron chi connectivity index (χ2n) is 6.75. The zero-order chi connectivity index (χ0) is 17.2. The van der Waals surface area contributed by atoms with E-state index in [1.165, 1.54) is 19.4 Å². The molecule has 2 aromatic rings. The number of aromatic nitrogens is 4. The second kappa shape index (κ2) is 6.79. The van der Waals surface area contributed by atoms with E-state index in [1.807, 2.05) is 36.1 Å². The molecule has 2 saturated heterocycles. The third-order valence-corrected chi connectivity index (χ3v) is 5.06. The van der Waals surface area contributed by atoms with Crippen molar-refractivity contribution in [3.63, 3.8) is 0 Å². The van der Waals surface area contributed by atoms with Gasteiger partial charge in [0, 0.05) is 31.4 Å². The van der Waals surface area contributed by atoms with Gasteiger partial charge in [0.05, 0.1) is 5.69 Å². The standard InChI is InChI=1S/C17H23N7O/c1-13-19-20-21-24(13)15-6-2-5-14(11-15)18-17(25)23-10-4-9-22-8-3-7-16(22)12-23/h2,5-6,11,16H,3-4,7-10,12H2,1H3,(H,18,25)/t16-/m0/s1. The molecule has 1 aromatic carbocycles. The number of benzene rings is 1. The maximum absolute atomic E-state index is 12.7. The zero-order valence-electron chi connectivity index (χ0n) is 14.4. The second-order valence-corrected chi connectivity index (χ2v) is 6.75. The quantitative estimate of drug-likeness (QED) is 0.899. The molecule has 132 valence electrons. The maximum atomic E-state index is 12.7. The van der Waals surface area contributed by atoms with E-state index in [-0.39, 0.29) is 6.03 Å². The van der Waals surface area contributed by atoms with Gasteiger partial charge in [-0.3, -0.25) is 4.90 Å². The number of urea groups is 1. The highest BCUT2D eigenvalue weighted by molar-refractivity contribution is 5.89. The molecule has 1 N–H and O–H groups in total. The molecule has 2 aliphatic heterocycles. The first-order valence-corrected chi connectivity index (χ1v) is 8.86. The Morgan fingerprint density at radius 3 is 2.96 bits per heavy atom. The van der Waals surface area contributed by atoms with Gasteiger partial charge in [-0.15, -0.1) is 5.10 Å². The van der Waals surface area contributed by atoms with E-state index in [2.05, 4.69) is 25.7 Å². The highest BCUT2D eigenvalue weighted by atomic mass is 16.2. The monoisotopic (exact) mass is 341 g/mol. The number of anilines is 1. The van der Waals surface area contributed by atoms with Crippen molar-refractivity contribution in [2.24, 2.45) is 0 Å². The minimum Gasteiger partial charge on any atom is -0.323 e. The van der Waals surface area contributed by atoms with Gasteiger partial charge < -0.3 is 10.2 Å². The van der Waals surface area contributed by atoms with Gasteiger partial charge in [0.2, 0.25) is 0 Å². The third-order valence-electron chi connectivity index (χ3n) is 5.06. The molecule has 2 amide bonds. The fraction of sp³-hybridized carbons (Fsp3) is 0.529. The summed E-state index contributed by atoms with van der Waals surface area (Å²) in [6.45, 7) is 5.74. The van der Waals surface area contributed by atoms with Crippen LogP contribution in [0.2, 0.25) is 0 Å². The van der Waals surface area contributed by atoms with Crippen LogP contribution in [0.15, 0.2) is 24.3 Å². The van der Waals surface area contributed by atoms with Crippen LogP contribution in [0.1, 0.15) is 25.1 Å². The van der Waals surface area contributed by atoms with Gasteiger partial charge in [-0.2, -0.15) is 4.68 Å². The van der Waals surface area contributed by atoms with Crippen molar-refractivity contribution in [2.45, 2.75) is 32.2 Å². The molecule has 3 heterocycles. The van der Waals surface area contributed by atoms with Crippen LogP contribution in [0.3, 0.4) is 0 Å². The van der Waals surface area contributed by atoms with Crippen LogP contribution < -0.4 is 5.32 Å². The van der Waals surface area contributed by atoms with Gasteiger partial charge in [-0.25, -0.2) is 4.79 Å². The van der Waals surface area contributed by atoms with E-state index in [0.717, 1.165) is 37.4 Å². The van der Waals surface area contributed by atoms with Gasteiger partial charge in [-0.1, -0.05) is 6.07 Å². The maximum Gasteiger partial charge on any atom is 0.321 e. The predicted octanol–water partition coefficient (Wildman–Crippen LogP) is 1.67. The Hall–Kier alpha value is -2.48. The summed E-state index contributed by atoms with van der Waals surface area (Å²) in [4.78, 5) is 17.2. The zero-order valence-corrected chi connectivity index (χ0v) is 14.4. The lowest BCUT2D eigenvalue weighted by Gasteiger charge is -2.26. The van der Waals surface area contributed by atoms with Crippen molar-refractivity contribution < 1.29 is 4.79 Å². The van der Waals surface area contributed by atoms with E-state index in [1.54, 1.807) is 4.68 Å². The van der Waals surface area contributed by atoms with Crippen LogP contribution >= 0.6 is 0 Å². The fourth-order valence-electron chi connectivity index (χ4n) is 3.78. The average Bonchev–Trinajstić information content (AvgIpc) is 3.18. The van der Waals surface area contributed by atoms with Crippen molar-refractivity contribution in [1.29, 1.82) is 0 Å². The van der Waals surface area contributed by atoms with Crippen LogP contribution in [0.5, 0.6) is 0 Å². The number of fused-ring (bicyclic) bond motifs is 1. The van der Waals surface area contributed by atoms with Crippen molar-refractivity contribution >= 4 is 11.7 Å². The molecule has 2 aliphatic rings. The van der Waals surface area contributed by atoms with Gasteiger partial charge in [0.1, 0.15) is 0 Å². The Kier molecular flexibility index (Phi) is 4.35. The summed E-state index contributed by atoms with van der Waals surface area (Å²) >= 11 is 0. The first kappa shape index (κ1) is 16.0. The van der Waals surface area contributed by atoms with Gasteiger partial charge in [0.25, 0.3) is 0 Å². The summed E-state index contributed by atoms with van der Waals surface area (Å²) in [5, 5.41) is 14.6. The van der Waals surface area contributed by atoms with Crippen molar-refractivity contribution in [2.75, 3.05) is 31.5 Å². The van der Waals surface area contributed by atoms with Crippen LogP contribution in [0.4, 0.5) is 10.5 Å². The van der Waals surface area contributed by atoms with Crippen LogP contribution in [-0.4, -0.2) is 68.3 Å². The minimum atomic E-state index is -0.0284. The Morgan fingerprint density at radius 1 is 1.24 bits per heavy atom. The first-order valence-electron chi connectivity index (χ1n) is 8.86. The number of carbonyl (C=O) groups is 1. The Labute approximate surface area is 146 Å². The molecule has 8 nitrogen and oxygen atoms in total. The van der Waals surface area contributed by atoms with Crippen LogP contribution in [0.25, 0.3) is 5.69 Å². The molecule has 0 radical (unpaired) electrons. The lowest BCUT2D eigenvalue weighted by atomic mass is 10.2. The molecule has 4 rings (SSSR count). The van der Waals surface area contributed by atoms with E-state index in [4.69, 9.17) is 0 Å². The van der Waals surface area contributed by atoms with Crippen LogP contribution in [-0.2, 0) is 0 Å². The number of tetrazole rings is 1. The fourth-order valence-corrected chi connectivity index (χ4v) is 3.78. The lowest BCUT2D eigenvalue weighted by molar-refractivity contribution is 0.200. The number of amides is 2. The van der Waals surface area contributed by atoms with E-state index in [0.29, 0.717) is 11.9 Å². The molecule has 25 heavy (non-hydrogen) atoms. The minimum absolute atomic E-state index is 0.0284. The van der Waals surface area contributed by atoms with Crippen LogP contribution in [0, 0.1) is 6.92 Å². The smallest absolute Gasteiger partial charge is 0.321 e. The van der Waals surface area contributed by atoms with Gasteiger partial charge in [0.15, 0.2) is 5.82 Å². The molecule has 8 heteroatoms. The Bertz CT molecular complexity index is 759. The highest BCUT2D eigenvalue weighted by Crippen LogP contribution is 2.22. The Morgan fingerprint density at radius 2 is 2.12 bits per heavy atom. The number of nitrogens with zero attached hydrogens (tertiary/aromatic N) is 6. The first-order chi connectivity index (χ1) is 12.2. The number of rotatable bonds is 2. The molecule has 0 aliphatic carbocycles. The van der Waals surface area contributed by atoms with E-state index >= 15 is 0 Å². The summed E-state index contributed by atoms with van der Waals surface area (Å²) < 4.78 is 1.65. The summed E-state index contributed by atoms with van der Waals surface area (Å²) in [6, 6.07) is 8.08. The number of aryl methyl sites for hydroxylation is 1. The largest absolute Gasteiger partial charge is 0.323 e. The van der Waals surface area contributed by atoms with Gasteiger partial charge >= 0.3 is 6.03 Å². The molecule has 1 aromatic heterocycles. The molecular formula is C17H23N7O. The topological polar surface area (TPSA) is 79.2 Å². The molecular weight excluding hydrogens is 318 g/mol. The predicted molar refractivity (Wildman–Crippen MR) is 93.7 cm³/mol. The van der Waals surface area contributed by atoms with E-state index in [9.17, 15) is 4.79 Å². The van der Waals surface area contributed by atoms with Crippen molar-refractivity contribution in [3.05, 3.63) is 30.1 Å². The van der Waals surface area contributed by atoms with Gasteiger partial charge in [-0.05, 0) is 61.4 Å². The van der Waals surface area contributed by atoms with Crippen molar-refractivity contribution in [1.82, 2.24) is 30.0 Å². The SMILES string of the molecule is Cc1nnnn1-c1cccc(NC(=O)N2CCCN3CCC[C@H]3C2)c1. The van der Waals surface area contributed by atoms with Crippen molar-refractivity contribution in [3.8, 4) is 5.69 Å². The number of carbonyl (C=O) groups excluding carboxylic acids is 1. The molecule has 0 bridgehead atoms. The third kappa shape index (κ3) is 3.34. The summed E-state index contributed by atoms with van der Waals surface area (Å²) in [5.74, 6) is 0.706. The Balaban J connectivity index is 1.46. The molecule has 1 atom stereocenters. The summed E-state index contributed by atoms with van der Waals surface area (Å²) in [5.41, 5.74) is 1.59. The normalized spacial score (nSPS) is 21.0. The number of hydrogen-bond donors (Lipinski definition) is 1. The molecule has 2 fully saturated rings.